The summed E-state index contributed by atoms with van der Waals surface area (Å²) in [6, 6.07) is 10.6. The summed E-state index contributed by atoms with van der Waals surface area (Å²) < 4.78 is 1.81. The van der Waals surface area contributed by atoms with Crippen LogP contribution >= 0.6 is 0 Å². The number of nitrogens with zero attached hydrogens (tertiary/aromatic N) is 3. The number of benzene rings is 1. The summed E-state index contributed by atoms with van der Waals surface area (Å²) in [6.45, 7) is 10.8. The molecule has 24 heavy (non-hydrogen) atoms. The summed E-state index contributed by atoms with van der Waals surface area (Å²) in [5.41, 5.74) is 1.30. The zero-order valence-corrected chi connectivity index (χ0v) is 15.6. The zero-order chi connectivity index (χ0) is 17.8. The molecule has 132 valence electrons. The molecule has 0 unspecified atom stereocenters. The van der Waals surface area contributed by atoms with Crippen molar-refractivity contribution in [3.05, 3.63) is 48.5 Å². The lowest BCUT2D eigenvalue weighted by Gasteiger charge is -2.34. The normalized spacial score (nSPS) is 15.2. The first kappa shape index (κ1) is 18.7. The Hall–Kier alpha value is -1.68. The Morgan fingerprint density at radius 1 is 1.08 bits per heavy atom. The second-order valence-corrected chi connectivity index (χ2v) is 8.40. The zero-order valence-electron chi connectivity index (χ0n) is 15.6. The molecule has 0 amide bonds. The third kappa shape index (κ3) is 4.67. The van der Waals surface area contributed by atoms with Crippen molar-refractivity contribution in [3.63, 3.8) is 0 Å². The lowest BCUT2D eigenvalue weighted by molar-refractivity contribution is 0.00807. The van der Waals surface area contributed by atoms with E-state index >= 15 is 0 Å². The van der Waals surface area contributed by atoms with Gasteiger partial charge in [0.15, 0.2) is 0 Å². The van der Waals surface area contributed by atoms with Crippen molar-refractivity contribution in [3.8, 4) is 0 Å². The van der Waals surface area contributed by atoms with Gasteiger partial charge in [-0.2, -0.15) is 5.10 Å². The number of hydrogen-bond donors (Lipinski definition) is 1. The Morgan fingerprint density at radius 2 is 1.75 bits per heavy atom. The van der Waals surface area contributed by atoms with Crippen LogP contribution in [0, 0.1) is 5.41 Å². The van der Waals surface area contributed by atoms with E-state index in [1.165, 1.54) is 11.9 Å². The monoisotopic (exact) mass is 329 g/mol. The highest BCUT2D eigenvalue weighted by atomic mass is 16.3. The molecule has 0 spiro atoms. The number of hydrogen-bond acceptors (Lipinski definition) is 3. The molecule has 1 N–H and O–H groups in total. The maximum absolute atomic E-state index is 10.8. The number of aromatic nitrogens is 3. The topological polar surface area (TPSA) is 50.9 Å². The average Bonchev–Trinajstić information content (AvgIpc) is 3.05. The minimum absolute atomic E-state index is 0.0425. The molecule has 1 aromatic heterocycles. The van der Waals surface area contributed by atoms with E-state index in [2.05, 4.69) is 75.0 Å². The standard InChI is InChI=1S/C20H31N3O/c1-19(2,3)18(24)17(23-15-21-14-22-23)12-9-13-20(4,5)16-10-7-6-8-11-16/h6-8,10-11,14-15,17-18,24H,9,12-13H2,1-5H3/t17-,18-/m1/s1. The first-order valence-corrected chi connectivity index (χ1v) is 8.79. The molecule has 0 bridgehead atoms. The average molecular weight is 329 g/mol. The second-order valence-electron chi connectivity index (χ2n) is 8.40. The van der Waals surface area contributed by atoms with Crippen LogP contribution in [-0.4, -0.2) is 26.0 Å². The van der Waals surface area contributed by atoms with Crippen molar-refractivity contribution in [2.75, 3.05) is 0 Å². The van der Waals surface area contributed by atoms with Crippen molar-refractivity contribution >= 4 is 0 Å². The molecule has 0 fully saturated rings. The number of aliphatic hydroxyl groups is 1. The second kappa shape index (κ2) is 7.47. The lowest BCUT2D eigenvalue weighted by atomic mass is 9.78. The lowest BCUT2D eigenvalue weighted by Crippen LogP contribution is -2.36. The van der Waals surface area contributed by atoms with Crippen LogP contribution < -0.4 is 0 Å². The molecule has 0 aliphatic heterocycles. The van der Waals surface area contributed by atoms with Gasteiger partial charge in [0.1, 0.15) is 12.7 Å². The highest BCUT2D eigenvalue weighted by Gasteiger charge is 2.32. The number of aliphatic hydroxyl groups excluding tert-OH is 1. The van der Waals surface area contributed by atoms with Gasteiger partial charge >= 0.3 is 0 Å². The molecule has 1 heterocycles. The maximum Gasteiger partial charge on any atom is 0.137 e. The quantitative estimate of drug-likeness (QED) is 0.820. The molecule has 2 atom stereocenters. The van der Waals surface area contributed by atoms with Crippen molar-refractivity contribution < 1.29 is 5.11 Å². The first-order valence-electron chi connectivity index (χ1n) is 8.79. The van der Waals surface area contributed by atoms with Crippen molar-refractivity contribution in [1.29, 1.82) is 0 Å². The Bertz CT molecular complexity index is 600. The van der Waals surface area contributed by atoms with Crippen LogP contribution in [0.3, 0.4) is 0 Å². The van der Waals surface area contributed by atoms with E-state index in [9.17, 15) is 5.11 Å². The van der Waals surface area contributed by atoms with Gasteiger partial charge in [-0.25, -0.2) is 9.67 Å². The van der Waals surface area contributed by atoms with Crippen molar-refractivity contribution in [2.24, 2.45) is 5.41 Å². The molecule has 0 saturated carbocycles. The SMILES string of the molecule is CC(C)(CCC[C@H]([C@@H](O)C(C)(C)C)n1cncn1)c1ccccc1. The minimum atomic E-state index is -0.459. The van der Waals surface area contributed by atoms with E-state index < -0.39 is 6.10 Å². The molecular weight excluding hydrogens is 298 g/mol. The Balaban J connectivity index is 2.03. The van der Waals surface area contributed by atoms with Crippen LogP contribution in [0.1, 0.15) is 65.5 Å². The van der Waals surface area contributed by atoms with Crippen LogP contribution in [0.4, 0.5) is 0 Å². The maximum atomic E-state index is 10.8. The predicted molar refractivity (Wildman–Crippen MR) is 97.8 cm³/mol. The summed E-state index contributed by atoms with van der Waals surface area (Å²) in [5.74, 6) is 0. The van der Waals surface area contributed by atoms with Gasteiger partial charge in [-0.05, 0) is 29.2 Å². The molecular formula is C20H31N3O. The smallest absolute Gasteiger partial charge is 0.137 e. The molecule has 0 saturated heterocycles. The Morgan fingerprint density at radius 3 is 2.29 bits per heavy atom. The highest BCUT2D eigenvalue weighted by molar-refractivity contribution is 5.23. The molecule has 1 aromatic carbocycles. The van der Waals surface area contributed by atoms with E-state index in [4.69, 9.17) is 0 Å². The van der Waals surface area contributed by atoms with E-state index in [0.717, 1.165) is 19.3 Å². The van der Waals surface area contributed by atoms with Gasteiger partial charge in [-0.3, -0.25) is 0 Å². The fourth-order valence-corrected chi connectivity index (χ4v) is 3.19. The van der Waals surface area contributed by atoms with Gasteiger partial charge in [0.05, 0.1) is 12.1 Å². The fraction of sp³-hybridized carbons (Fsp3) is 0.600. The van der Waals surface area contributed by atoms with Crippen molar-refractivity contribution in [1.82, 2.24) is 14.8 Å². The summed E-state index contributed by atoms with van der Waals surface area (Å²) >= 11 is 0. The Kier molecular flexibility index (Phi) is 5.81. The summed E-state index contributed by atoms with van der Waals surface area (Å²) in [7, 11) is 0. The number of rotatable bonds is 7. The fourth-order valence-electron chi connectivity index (χ4n) is 3.19. The van der Waals surface area contributed by atoms with Gasteiger partial charge in [0.2, 0.25) is 0 Å². The van der Waals surface area contributed by atoms with E-state index in [-0.39, 0.29) is 16.9 Å². The first-order chi connectivity index (χ1) is 11.2. The third-order valence-corrected chi connectivity index (χ3v) is 4.89. The Labute approximate surface area is 145 Å². The van der Waals surface area contributed by atoms with Gasteiger partial charge < -0.3 is 5.11 Å². The van der Waals surface area contributed by atoms with E-state index in [1.54, 1.807) is 6.33 Å². The molecule has 2 rings (SSSR count). The summed E-state index contributed by atoms with van der Waals surface area (Å²) in [4.78, 5) is 4.05. The highest BCUT2D eigenvalue weighted by Crippen LogP contribution is 2.34. The van der Waals surface area contributed by atoms with E-state index in [1.807, 2.05) is 4.68 Å². The molecule has 0 aliphatic carbocycles. The largest absolute Gasteiger partial charge is 0.390 e. The molecule has 0 radical (unpaired) electrons. The summed E-state index contributed by atoms with van der Waals surface area (Å²) in [6.07, 6.45) is 5.77. The van der Waals surface area contributed by atoms with E-state index in [0.29, 0.717) is 0 Å². The van der Waals surface area contributed by atoms with Crippen LogP contribution in [-0.2, 0) is 5.41 Å². The molecule has 0 aliphatic rings. The van der Waals surface area contributed by atoms with Crippen molar-refractivity contribution in [2.45, 2.75) is 71.4 Å². The van der Waals surface area contributed by atoms with Crippen LogP contribution in [0.2, 0.25) is 0 Å². The van der Waals surface area contributed by atoms with Crippen LogP contribution in [0.15, 0.2) is 43.0 Å². The van der Waals surface area contributed by atoms with Crippen LogP contribution in [0.25, 0.3) is 0 Å². The third-order valence-electron chi connectivity index (χ3n) is 4.89. The molecule has 4 nitrogen and oxygen atoms in total. The van der Waals surface area contributed by atoms with Gasteiger partial charge in [0, 0.05) is 0 Å². The van der Waals surface area contributed by atoms with Crippen LogP contribution in [0.5, 0.6) is 0 Å². The van der Waals surface area contributed by atoms with Gasteiger partial charge in [-0.15, -0.1) is 0 Å². The molecule has 4 heteroatoms. The molecule has 2 aromatic rings. The van der Waals surface area contributed by atoms with Gasteiger partial charge in [0.25, 0.3) is 0 Å². The predicted octanol–water partition coefficient (Wildman–Crippen LogP) is 4.37. The minimum Gasteiger partial charge on any atom is -0.390 e. The van der Waals surface area contributed by atoms with Gasteiger partial charge in [-0.1, -0.05) is 71.4 Å². The summed E-state index contributed by atoms with van der Waals surface area (Å²) in [5, 5.41) is 15.0.